The minimum atomic E-state index is 0.329. The number of phenols is 1. The topological polar surface area (TPSA) is 46.0 Å². The van der Waals surface area contributed by atoms with E-state index in [-0.39, 0.29) is 0 Å². The van der Waals surface area contributed by atoms with Crippen molar-refractivity contribution in [2.45, 2.75) is 25.7 Å². The lowest BCUT2D eigenvalue weighted by atomic mass is 10.1. The highest BCUT2D eigenvalue weighted by Crippen LogP contribution is 2.12. The summed E-state index contributed by atoms with van der Waals surface area (Å²) in [4.78, 5) is 7.98. The SMILES string of the molecule is Oc1ccc(CCCCc2cncnc2)cc1. The van der Waals surface area contributed by atoms with E-state index < -0.39 is 0 Å². The van der Waals surface area contributed by atoms with Crippen molar-refractivity contribution in [3.8, 4) is 5.75 Å². The van der Waals surface area contributed by atoms with E-state index in [4.69, 9.17) is 5.11 Å². The smallest absolute Gasteiger partial charge is 0.115 e. The van der Waals surface area contributed by atoms with E-state index in [0.29, 0.717) is 5.75 Å². The van der Waals surface area contributed by atoms with Crippen LogP contribution in [0.1, 0.15) is 24.0 Å². The average Bonchev–Trinajstić information content (AvgIpc) is 2.38. The maximum atomic E-state index is 9.16. The molecule has 17 heavy (non-hydrogen) atoms. The van der Waals surface area contributed by atoms with Gasteiger partial charge in [-0.25, -0.2) is 9.97 Å². The molecule has 3 nitrogen and oxygen atoms in total. The summed E-state index contributed by atoms with van der Waals surface area (Å²) in [6.07, 6.45) is 9.64. The largest absolute Gasteiger partial charge is 0.508 e. The minimum Gasteiger partial charge on any atom is -0.508 e. The fraction of sp³-hybridized carbons (Fsp3) is 0.286. The van der Waals surface area contributed by atoms with Crippen molar-refractivity contribution in [3.05, 3.63) is 54.1 Å². The lowest BCUT2D eigenvalue weighted by molar-refractivity contribution is 0.475. The third-order valence-corrected chi connectivity index (χ3v) is 2.73. The number of phenolic OH excluding ortho intramolecular Hbond substituents is 1. The Morgan fingerprint density at radius 3 is 2.06 bits per heavy atom. The molecule has 88 valence electrons. The molecule has 1 N–H and O–H groups in total. The van der Waals surface area contributed by atoms with Crippen molar-refractivity contribution < 1.29 is 5.11 Å². The summed E-state index contributed by atoms with van der Waals surface area (Å²) in [5.74, 6) is 0.329. The Hall–Kier alpha value is -1.90. The summed E-state index contributed by atoms with van der Waals surface area (Å²) >= 11 is 0. The van der Waals surface area contributed by atoms with Crippen LogP contribution in [-0.4, -0.2) is 15.1 Å². The molecule has 0 unspecified atom stereocenters. The average molecular weight is 228 g/mol. The van der Waals surface area contributed by atoms with Gasteiger partial charge in [0.15, 0.2) is 0 Å². The summed E-state index contributed by atoms with van der Waals surface area (Å²) in [5.41, 5.74) is 2.46. The van der Waals surface area contributed by atoms with Gasteiger partial charge in [-0.1, -0.05) is 12.1 Å². The molecule has 0 aliphatic rings. The number of unbranched alkanes of at least 4 members (excludes halogenated alkanes) is 1. The van der Waals surface area contributed by atoms with Gasteiger partial charge in [-0.15, -0.1) is 0 Å². The Balaban J connectivity index is 1.71. The van der Waals surface area contributed by atoms with E-state index in [9.17, 15) is 0 Å². The summed E-state index contributed by atoms with van der Waals surface area (Å²) < 4.78 is 0. The number of hydrogen-bond donors (Lipinski definition) is 1. The molecule has 0 radical (unpaired) electrons. The summed E-state index contributed by atoms with van der Waals surface area (Å²) in [5, 5.41) is 9.16. The van der Waals surface area contributed by atoms with Crippen molar-refractivity contribution in [1.82, 2.24) is 9.97 Å². The molecule has 0 atom stereocenters. The molecular formula is C14H16N2O. The molecule has 1 heterocycles. The second-order valence-electron chi connectivity index (χ2n) is 4.12. The van der Waals surface area contributed by atoms with Crippen LogP contribution in [0.4, 0.5) is 0 Å². The third-order valence-electron chi connectivity index (χ3n) is 2.73. The van der Waals surface area contributed by atoms with Gasteiger partial charge in [0.05, 0.1) is 0 Å². The molecule has 0 aliphatic carbocycles. The first kappa shape index (κ1) is 11.6. The first-order chi connectivity index (χ1) is 8.34. The molecule has 1 aromatic carbocycles. The molecule has 0 fully saturated rings. The highest BCUT2D eigenvalue weighted by molar-refractivity contribution is 5.25. The normalized spacial score (nSPS) is 10.4. The maximum absolute atomic E-state index is 9.16. The van der Waals surface area contributed by atoms with Crippen molar-refractivity contribution in [2.75, 3.05) is 0 Å². The number of aromatic nitrogens is 2. The first-order valence-corrected chi connectivity index (χ1v) is 5.86. The lowest BCUT2D eigenvalue weighted by Crippen LogP contribution is -1.90. The molecule has 2 rings (SSSR count). The Morgan fingerprint density at radius 1 is 0.824 bits per heavy atom. The molecule has 0 bridgehead atoms. The highest BCUT2D eigenvalue weighted by atomic mass is 16.3. The number of hydrogen-bond acceptors (Lipinski definition) is 3. The second-order valence-corrected chi connectivity index (χ2v) is 4.12. The molecule has 0 spiro atoms. The summed E-state index contributed by atoms with van der Waals surface area (Å²) in [7, 11) is 0. The minimum absolute atomic E-state index is 0.329. The molecule has 0 aliphatic heterocycles. The van der Waals surface area contributed by atoms with Crippen molar-refractivity contribution in [3.63, 3.8) is 0 Å². The number of nitrogens with zero attached hydrogens (tertiary/aromatic N) is 2. The summed E-state index contributed by atoms with van der Waals surface area (Å²) in [6, 6.07) is 7.42. The van der Waals surface area contributed by atoms with Crippen LogP contribution < -0.4 is 0 Å². The van der Waals surface area contributed by atoms with Gasteiger partial charge >= 0.3 is 0 Å². The van der Waals surface area contributed by atoms with E-state index in [0.717, 1.165) is 25.7 Å². The Labute approximate surface area is 101 Å². The maximum Gasteiger partial charge on any atom is 0.115 e. The quantitative estimate of drug-likeness (QED) is 0.800. The predicted octanol–water partition coefficient (Wildman–Crippen LogP) is 2.75. The van der Waals surface area contributed by atoms with Crippen LogP contribution in [0.3, 0.4) is 0 Å². The first-order valence-electron chi connectivity index (χ1n) is 5.86. The van der Waals surface area contributed by atoms with Gasteiger partial charge in [0.2, 0.25) is 0 Å². The van der Waals surface area contributed by atoms with E-state index in [2.05, 4.69) is 9.97 Å². The van der Waals surface area contributed by atoms with Crippen LogP contribution >= 0.6 is 0 Å². The Bertz CT molecular complexity index is 440. The second kappa shape index (κ2) is 5.99. The van der Waals surface area contributed by atoms with Crippen molar-refractivity contribution in [1.29, 1.82) is 0 Å². The van der Waals surface area contributed by atoms with E-state index in [1.165, 1.54) is 11.1 Å². The summed E-state index contributed by atoms with van der Waals surface area (Å²) in [6.45, 7) is 0. The van der Waals surface area contributed by atoms with Crippen molar-refractivity contribution >= 4 is 0 Å². The van der Waals surface area contributed by atoms with Crippen LogP contribution in [0, 0.1) is 0 Å². The van der Waals surface area contributed by atoms with Crippen LogP contribution in [0.15, 0.2) is 43.0 Å². The molecular weight excluding hydrogens is 212 g/mol. The Morgan fingerprint density at radius 2 is 1.41 bits per heavy atom. The zero-order valence-electron chi connectivity index (χ0n) is 9.71. The monoisotopic (exact) mass is 228 g/mol. The van der Waals surface area contributed by atoms with Crippen LogP contribution in [0.25, 0.3) is 0 Å². The number of rotatable bonds is 5. The Kier molecular flexibility index (Phi) is 4.08. The van der Waals surface area contributed by atoms with Gasteiger partial charge in [0.1, 0.15) is 12.1 Å². The zero-order valence-corrected chi connectivity index (χ0v) is 9.71. The van der Waals surface area contributed by atoms with Gasteiger partial charge in [-0.2, -0.15) is 0 Å². The molecule has 0 saturated carbocycles. The van der Waals surface area contributed by atoms with E-state index in [1.807, 2.05) is 24.5 Å². The van der Waals surface area contributed by atoms with E-state index >= 15 is 0 Å². The zero-order chi connectivity index (χ0) is 11.9. The number of aromatic hydroxyl groups is 1. The lowest BCUT2D eigenvalue weighted by Gasteiger charge is -2.02. The fourth-order valence-electron chi connectivity index (χ4n) is 1.78. The molecule has 1 aromatic heterocycles. The highest BCUT2D eigenvalue weighted by Gasteiger charge is 1.96. The number of benzene rings is 1. The van der Waals surface area contributed by atoms with Crippen molar-refractivity contribution in [2.24, 2.45) is 0 Å². The van der Waals surface area contributed by atoms with Crippen LogP contribution in [-0.2, 0) is 12.8 Å². The van der Waals surface area contributed by atoms with Gasteiger partial charge in [0.25, 0.3) is 0 Å². The van der Waals surface area contributed by atoms with Crippen LogP contribution in [0.2, 0.25) is 0 Å². The predicted molar refractivity (Wildman–Crippen MR) is 66.8 cm³/mol. The third kappa shape index (κ3) is 3.87. The standard InChI is InChI=1S/C14H16N2O/c17-14-7-5-12(6-8-14)3-1-2-4-13-9-15-11-16-10-13/h5-11,17H,1-4H2. The molecule has 3 heteroatoms. The fourth-order valence-corrected chi connectivity index (χ4v) is 1.78. The van der Waals surface area contributed by atoms with Gasteiger partial charge < -0.3 is 5.11 Å². The van der Waals surface area contributed by atoms with Gasteiger partial charge in [-0.05, 0) is 48.9 Å². The number of aryl methyl sites for hydroxylation is 2. The molecule has 0 saturated heterocycles. The van der Waals surface area contributed by atoms with E-state index in [1.54, 1.807) is 18.5 Å². The van der Waals surface area contributed by atoms with Crippen LogP contribution in [0.5, 0.6) is 5.75 Å². The molecule has 0 amide bonds. The van der Waals surface area contributed by atoms with Gasteiger partial charge in [0, 0.05) is 12.4 Å². The molecule has 2 aromatic rings. The van der Waals surface area contributed by atoms with Gasteiger partial charge in [-0.3, -0.25) is 0 Å².